The van der Waals surface area contributed by atoms with Gasteiger partial charge in [-0.05, 0) is 31.5 Å². The zero-order chi connectivity index (χ0) is 19.4. The number of carbonyl (C=O) groups excluding carboxylic acids is 1. The minimum Gasteiger partial charge on any atom is -0.332 e. The van der Waals surface area contributed by atoms with Gasteiger partial charge >= 0.3 is 0 Å². The second-order valence-electron chi connectivity index (χ2n) is 6.44. The molecule has 138 valence electrons. The predicted molar refractivity (Wildman–Crippen MR) is 109 cm³/mol. The van der Waals surface area contributed by atoms with Gasteiger partial charge in [-0.25, -0.2) is 9.97 Å². The van der Waals surface area contributed by atoms with Crippen LogP contribution in [0.1, 0.15) is 29.8 Å². The summed E-state index contributed by atoms with van der Waals surface area (Å²) in [6, 6.07) is 15.0. The SMILES string of the molecule is CC(C)N(Cc1ccc(Cl)c(Cl)c1)C(=O)c1cnc(-c2ccccc2)nc1. The van der Waals surface area contributed by atoms with E-state index in [1.165, 1.54) is 0 Å². The highest BCUT2D eigenvalue weighted by Crippen LogP contribution is 2.24. The van der Waals surface area contributed by atoms with E-state index in [4.69, 9.17) is 23.2 Å². The first-order chi connectivity index (χ1) is 13.0. The molecule has 0 fully saturated rings. The Labute approximate surface area is 168 Å². The lowest BCUT2D eigenvalue weighted by atomic mass is 10.1. The fourth-order valence-corrected chi connectivity index (χ4v) is 2.98. The van der Waals surface area contributed by atoms with E-state index < -0.39 is 0 Å². The topological polar surface area (TPSA) is 46.1 Å². The summed E-state index contributed by atoms with van der Waals surface area (Å²) in [6.07, 6.45) is 3.14. The highest BCUT2D eigenvalue weighted by Gasteiger charge is 2.20. The molecule has 4 nitrogen and oxygen atoms in total. The van der Waals surface area contributed by atoms with Crippen molar-refractivity contribution in [2.24, 2.45) is 0 Å². The first-order valence-electron chi connectivity index (χ1n) is 8.58. The molecular formula is C21H19Cl2N3O. The smallest absolute Gasteiger partial charge is 0.257 e. The quantitative estimate of drug-likeness (QED) is 0.568. The minimum absolute atomic E-state index is 0.000698. The predicted octanol–water partition coefficient (Wildman–Crippen LogP) is 5.50. The van der Waals surface area contributed by atoms with Crippen LogP contribution in [0.4, 0.5) is 0 Å². The Hall–Kier alpha value is -2.43. The normalized spacial score (nSPS) is 10.9. The van der Waals surface area contributed by atoms with Crippen molar-refractivity contribution in [1.29, 1.82) is 0 Å². The first-order valence-corrected chi connectivity index (χ1v) is 9.33. The van der Waals surface area contributed by atoms with Gasteiger partial charge in [-0.1, -0.05) is 59.6 Å². The maximum absolute atomic E-state index is 13.0. The third-order valence-electron chi connectivity index (χ3n) is 4.15. The Kier molecular flexibility index (Phi) is 6.09. The zero-order valence-corrected chi connectivity index (χ0v) is 16.6. The van der Waals surface area contributed by atoms with Gasteiger partial charge in [0.2, 0.25) is 0 Å². The van der Waals surface area contributed by atoms with Crippen LogP contribution < -0.4 is 0 Å². The van der Waals surface area contributed by atoms with E-state index in [0.717, 1.165) is 11.1 Å². The van der Waals surface area contributed by atoms with E-state index in [1.807, 2.05) is 50.2 Å². The first kappa shape index (κ1) is 19.3. The van der Waals surface area contributed by atoms with Crippen LogP contribution in [0.5, 0.6) is 0 Å². The second-order valence-corrected chi connectivity index (χ2v) is 7.25. The van der Waals surface area contributed by atoms with E-state index in [2.05, 4.69) is 9.97 Å². The summed E-state index contributed by atoms with van der Waals surface area (Å²) in [5.74, 6) is 0.461. The van der Waals surface area contributed by atoms with Crippen molar-refractivity contribution in [3.05, 3.63) is 82.1 Å². The molecule has 0 aliphatic rings. The molecule has 0 saturated carbocycles. The molecule has 0 saturated heterocycles. The van der Waals surface area contributed by atoms with Gasteiger partial charge < -0.3 is 4.90 Å². The number of nitrogens with zero attached hydrogens (tertiary/aromatic N) is 3. The van der Waals surface area contributed by atoms with Crippen LogP contribution in [0.25, 0.3) is 11.4 Å². The van der Waals surface area contributed by atoms with Crippen LogP contribution in [0.15, 0.2) is 60.9 Å². The van der Waals surface area contributed by atoms with Crippen molar-refractivity contribution in [1.82, 2.24) is 14.9 Å². The molecule has 0 atom stereocenters. The minimum atomic E-state index is -0.129. The molecule has 0 unspecified atom stereocenters. The van der Waals surface area contributed by atoms with Crippen LogP contribution in [0, 0.1) is 0 Å². The lowest BCUT2D eigenvalue weighted by Crippen LogP contribution is -2.36. The number of halogens is 2. The number of hydrogen-bond acceptors (Lipinski definition) is 3. The summed E-state index contributed by atoms with van der Waals surface area (Å²) >= 11 is 12.1. The maximum atomic E-state index is 13.0. The monoisotopic (exact) mass is 399 g/mol. The van der Waals surface area contributed by atoms with Crippen LogP contribution in [-0.4, -0.2) is 26.8 Å². The Morgan fingerprint density at radius 3 is 2.26 bits per heavy atom. The number of rotatable bonds is 5. The summed E-state index contributed by atoms with van der Waals surface area (Å²) < 4.78 is 0. The van der Waals surface area contributed by atoms with Crippen LogP contribution in [-0.2, 0) is 6.54 Å². The van der Waals surface area contributed by atoms with Gasteiger partial charge in [-0.3, -0.25) is 4.79 Å². The number of amides is 1. The van der Waals surface area contributed by atoms with Gasteiger partial charge in [0.25, 0.3) is 5.91 Å². The molecule has 3 rings (SSSR count). The Bertz CT molecular complexity index is 928. The van der Waals surface area contributed by atoms with Crippen molar-refractivity contribution in [3.63, 3.8) is 0 Å². The van der Waals surface area contributed by atoms with Crippen LogP contribution in [0.3, 0.4) is 0 Å². The van der Waals surface area contributed by atoms with Crippen LogP contribution in [0.2, 0.25) is 10.0 Å². The third-order valence-corrected chi connectivity index (χ3v) is 4.89. The summed E-state index contributed by atoms with van der Waals surface area (Å²) in [5, 5.41) is 0.966. The highest BCUT2D eigenvalue weighted by atomic mass is 35.5. The fourth-order valence-electron chi connectivity index (χ4n) is 2.66. The summed E-state index contributed by atoms with van der Waals surface area (Å²) in [7, 11) is 0. The largest absolute Gasteiger partial charge is 0.332 e. The van der Waals surface area contributed by atoms with Crippen molar-refractivity contribution in [3.8, 4) is 11.4 Å². The average Bonchev–Trinajstić information content (AvgIpc) is 2.69. The van der Waals surface area contributed by atoms with Crippen molar-refractivity contribution >= 4 is 29.1 Å². The molecule has 6 heteroatoms. The molecule has 2 aromatic carbocycles. The van der Waals surface area contributed by atoms with E-state index in [0.29, 0.717) is 28.0 Å². The van der Waals surface area contributed by atoms with Gasteiger partial charge in [0.1, 0.15) is 0 Å². The molecule has 0 radical (unpaired) electrons. The Balaban J connectivity index is 1.81. The highest BCUT2D eigenvalue weighted by molar-refractivity contribution is 6.42. The molecule has 0 N–H and O–H groups in total. The zero-order valence-electron chi connectivity index (χ0n) is 15.1. The van der Waals surface area contributed by atoms with E-state index in [1.54, 1.807) is 29.4 Å². The standard InChI is InChI=1S/C21H19Cl2N3O/c1-14(2)26(13-15-8-9-18(22)19(23)10-15)21(27)17-11-24-20(25-12-17)16-6-4-3-5-7-16/h3-12,14H,13H2,1-2H3. The molecule has 0 aliphatic carbocycles. The molecular weight excluding hydrogens is 381 g/mol. The third kappa shape index (κ3) is 4.65. The van der Waals surface area contributed by atoms with E-state index in [-0.39, 0.29) is 11.9 Å². The Morgan fingerprint density at radius 1 is 1.00 bits per heavy atom. The van der Waals surface area contributed by atoms with E-state index >= 15 is 0 Å². The second kappa shape index (κ2) is 8.51. The molecule has 0 spiro atoms. The van der Waals surface area contributed by atoms with Gasteiger partial charge in [0.05, 0.1) is 15.6 Å². The molecule has 0 bridgehead atoms. The number of hydrogen-bond donors (Lipinski definition) is 0. The molecule has 0 aliphatic heterocycles. The van der Waals surface area contributed by atoms with Crippen LogP contribution >= 0.6 is 23.2 Å². The van der Waals surface area contributed by atoms with Crippen molar-refractivity contribution in [2.45, 2.75) is 26.4 Å². The van der Waals surface area contributed by atoms with Gasteiger partial charge in [-0.2, -0.15) is 0 Å². The summed E-state index contributed by atoms with van der Waals surface area (Å²) in [4.78, 5) is 23.4. The molecule has 3 aromatic rings. The molecule has 27 heavy (non-hydrogen) atoms. The number of carbonyl (C=O) groups is 1. The Morgan fingerprint density at radius 2 is 1.67 bits per heavy atom. The van der Waals surface area contributed by atoms with Gasteiger partial charge in [-0.15, -0.1) is 0 Å². The fraction of sp³-hybridized carbons (Fsp3) is 0.190. The van der Waals surface area contributed by atoms with Crippen molar-refractivity contribution in [2.75, 3.05) is 0 Å². The van der Waals surface area contributed by atoms with Crippen molar-refractivity contribution < 1.29 is 4.79 Å². The molecule has 1 heterocycles. The molecule has 1 aromatic heterocycles. The number of aromatic nitrogens is 2. The maximum Gasteiger partial charge on any atom is 0.257 e. The lowest BCUT2D eigenvalue weighted by Gasteiger charge is -2.27. The lowest BCUT2D eigenvalue weighted by molar-refractivity contribution is 0.0689. The number of benzene rings is 2. The van der Waals surface area contributed by atoms with Gasteiger partial charge in [0.15, 0.2) is 5.82 Å². The average molecular weight is 400 g/mol. The van der Waals surface area contributed by atoms with Gasteiger partial charge in [0, 0.05) is 30.5 Å². The summed E-state index contributed by atoms with van der Waals surface area (Å²) in [5.41, 5.74) is 2.27. The molecule has 1 amide bonds. The summed E-state index contributed by atoms with van der Waals surface area (Å²) in [6.45, 7) is 4.36. The van der Waals surface area contributed by atoms with E-state index in [9.17, 15) is 4.79 Å².